The Hall–Kier alpha value is -4.46. The molecule has 6 rings (SSSR count). The molecule has 8 heteroatoms. The van der Waals surface area contributed by atoms with Crippen LogP contribution in [0.25, 0.3) is 22.5 Å². The Labute approximate surface area is 220 Å². The number of aromatic nitrogens is 2. The number of carboxylic acids is 1. The van der Waals surface area contributed by atoms with Gasteiger partial charge in [-0.05, 0) is 61.4 Å². The lowest BCUT2D eigenvalue weighted by atomic mass is 9.93. The van der Waals surface area contributed by atoms with Gasteiger partial charge < -0.3 is 19.8 Å². The van der Waals surface area contributed by atoms with E-state index in [-0.39, 0.29) is 5.91 Å². The highest BCUT2D eigenvalue weighted by Crippen LogP contribution is 2.48. The number of rotatable bonds is 7. The molecule has 38 heavy (non-hydrogen) atoms. The second-order valence-electron chi connectivity index (χ2n) is 10.0. The molecular weight excluding hydrogens is 480 g/mol. The number of benzene rings is 2. The van der Waals surface area contributed by atoms with Crippen molar-refractivity contribution in [1.29, 1.82) is 0 Å². The van der Waals surface area contributed by atoms with E-state index in [0.29, 0.717) is 41.5 Å². The lowest BCUT2D eigenvalue weighted by molar-refractivity contribution is -0.140. The first kappa shape index (κ1) is 23.9. The maximum Gasteiger partial charge on any atom is 0.314 e. The van der Waals surface area contributed by atoms with Crippen molar-refractivity contribution in [3.8, 4) is 22.5 Å². The van der Waals surface area contributed by atoms with Gasteiger partial charge in [0.25, 0.3) is 5.91 Å². The molecule has 0 unspecified atom stereocenters. The molecule has 0 bridgehead atoms. The molecule has 2 fully saturated rings. The summed E-state index contributed by atoms with van der Waals surface area (Å²) >= 11 is 0. The zero-order valence-electron chi connectivity index (χ0n) is 21.1. The Morgan fingerprint density at radius 2 is 1.55 bits per heavy atom. The number of nitrogens with zero attached hydrogens (tertiary/aromatic N) is 3. The molecule has 1 amide bonds. The quantitative estimate of drug-likeness (QED) is 0.324. The minimum Gasteiger partial charge on any atom is -0.481 e. The van der Waals surface area contributed by atoms with E-state index in [1.165, 1.54) is 0 Å². The average molecular weight is 509 g/mol. The molecule has 8 nitrogen and oxygen atoms in total. The Kier molecular flexibility index (Phi) is 5.94. The number of hydrogen-bond donors (Lipinski definition) is 2. The highest BCUT2D eigenvalue weighted by molar-refractivity contribution is 5.93. The van der Waals surface area contributed by atoms with Gasteiger partial charge in [0.2, 0.25) is 0 Å². The maximum atomic E-state index is 12.8. The summed E-state index contributed by atoms with van der Waals surface area (Å²) in [5.41, 5.74) is 4.83. The van der Waals surface area contributed by atoms with E-state index >= 15 is 0 Å². The van der Waals surface area contributed by atoms with Gasteiger partial charge in [0.05, 0.1) is 5.41 Å². The van der Waals surface area contributed by atoms with Crippen molar-refractivity contribution < 1.29 is 19.2 Å². The van der Waals surface area contributed by atoms with E-state index in [2.05, 4.69) is 15.5 Å². The number of pyridine rings is 1. The molecule has 0 spiro atoms. The van der Waals surface area contributed by atoms with Crippen LogP contribution in [0.2, 0.25) is 0 Å². The Bertz CT molecular complexity index is 1500. The first-order valence-electron chi connectivity index (χ1n) is 12.9. The van der Waals surface area contributed by atoms with Crippen molar-refractivity contribution >= 4 is 23.4 Å². The molecule has 2 aliphatic rings. The molecule has 1 aliphatic carbocycles. The Morgan fingerprint density at radius 3 is 2.18 bits per heavy atom. The Morgan fingerprint density at radius 1 is 0.921 bits per heavy atom. The molecule has 2 aromatic carbocycles. The first-order chi connectivity index (χ1) is 18.4. The van der Waals surface area contributed by atoms with Crippen molar-refractivity contribution in [2.24, 2.45) is 0 Å². The average Bonchev–Trinajstić information content (AvgIpc) is 3.43. The molecule has 4 aromatic rings. The number of amides is 1. The van der Waals surface area contributed by atoms with Crippen LogP contribution in [0.1, 0.15) is 47.4 Å². The monoisotopic (exact) mass is 508 g/mol. The molecular formula is C30H28N4O4. The Balaban J connectivity index is 1.21. The third kappa shape index (κ3) is 4.32. The topological polar surface area (TPSA) is 109 Å². The zero-order chi connectivity index (χ0) is 26.3. The molecule has 1 saturated carbocycles. The summed E-state index contributed by atoms with van der Waals surface area (Å²) < 4.78 is 5.67. The van der Waals surface area contributed by atoms with Crippen LogP contribution < -0.4 is 5.32 Å². The standard InChI is InChI=1S/C30H28N4O4/c1-19-26(32-25-6-4-5-24(31-25)28(35)34-17-2-3-18-34)27(38-33-19)22-9-7-20(8-10-22)21-11-13-23(14-12-21)30(15-16-30)29(36)37/h4-14H,2-3,15-18H2,1H3,(H,31,32)(H,36,37). The predicted molar refractivity (Wildman–Crippen MR) is 143 cm³/mol. The lowest BCUT2D eigenvalue weighted by Crippen LogP contribution is -2.28. The van der Waals surface area contributed by atoms with Gasteiger partial charge in [0.1, 0.15) is 22.9 Å². The van der Waals surface area contributed by atoms with Crippen LogP contribution in [-0.2, 0) is 10.2 Å². The highest BCUT2D eigenvalue weighted by atomic mass is 16.5. The number of nitrogens with one attached hydrogen (secondary N) is 1. The van der Waals surface area contributed by atoms with E-state index in [0.717, 1.165) is 48.2 Å². The largest absolute Gasteiger partial charge is 0.481 e. The fraction of sp³-hybridized carbons (Fsp3) is 0.267. The van der Waals surface area contributed by atoms with E-state index < -0.39 is 11.4 Å². The van der Waals surface area contributed by atoms with E-state index in [1.807, 2.05) is 72.5 Å². The fourth-order valence-electron chi connectivity index (χ4n) is 5.09. The highest BCUT2D eigenvalue weighted by Gasteiger charge is 2.51. The minimum atomic E-state index is -0.749. The fourth-order valence-corrected chi connectivity index (χ4v) is 5.09. The van der Waals surface area contributed by atoms with Crippen LogP contribution in [0.3, 0.4) is 0 Å². The van der Waals surface area contributed by atoms with Gasteiger partial charge in [0, 0.05) is 18.7 Å². The summed E-state index contributed by atoms with van der Waals surface area (Å²) in [4.78, 5) is 30.8. The molecule has 2 N–H and O–H groups in total. The number of carbonyl (C=O) groups excluding carboxylic acids is 1. The van der Waals surface area contributed by atoms with Crippen LogP contribution >= 0.6 is 0 Å². The number of hydrogen-bond acceptors (Lipinski definition) is 6. The van der Waals surface area contributed by atoms with Gasteiger partial charge in [-0.1, -0.05) is 59.8 Å². The van der Waals surface area contributed by atoms with Crippen LogP contribution in [0.15, 0.2) is 71.3 Å². The summed E-state index contributed by atoms with van der Waals surface area (Å²) in [5.74, 6) is 0.336. The normalized spacial score (nSPS) is 15.9. The maximum absolute atomic E-state index is 12.8. The summed E-state index contributed by atoms with van der Waals surface area (Å²) in [5, 5.41) is 17.0. The first-order valence-corrected chi connectivity index (χ1v) is 12.9. The molecule has 2 aromatic heterocycles. The van der Waals surface area contributed by atoms with Crippen molar-refractivity contribution in [2.75, 3.05) is 18.4 Å². The van der Waals surface area contributed by atoms with Crippen LogP contribution in [0.4, 0.5) is 11.5 Å². The van der Waals surface area contributed by atoms with Gasteiger partial charge in [-0.15, -0.1) is 0 Å². The van der Waals surface area contributed by atoms with Crippen LogP contribution in [0, 0.1) is 6.92 Å². The number of carboxylic acid groups (broad SMARTS) is 1. The van der Waals surface area contributed by atoms with E-state index in [9.17, 15) is 14.7 Å². The van der Waals surface area contributed by atoms with E-state index in [4.69, 9.17) is 4.52 Å². The lowest BCUT2D eigenvalue weighted by Gasteiger charge is -2.15. The molecule has 192 valence electrons. The second kappa shape index (κ2) is 9.45. The third-order valence-electron chi connectivity index (χ3n) is 7.55. The molecule has 0 atom stereocenters. The van der Waals surface area contributed by atoms with Gasteiger partial charge in [-0.3, -0.25) is 9.59 Å². The third-order valence-corrected chi connectivity index (χ3v) is 7.55. The SMILES string of the molecule is Cc1noc(-c2ccc(-c3ccc(C4(C(=O)O)CC4)cc3)cc2)c1Nc1cccc(C(=O)N2CCCC2)n1. The predicted octanol–water partition coefficient (Wildman–Crippen LogP) is 5.81. The molecule has 1 aliphatic heterocycles. The van der Waals surface area contributed by atoms with Gasteiger partial charge >= 0.3 is 5.97 Å². The molecule has 0 radical (unpaired) electrons. The smallest absolute Gasteiger partial charge is 0.314 e. The summed E-state index contributed by atoms with van der Waals surface area (Å²) in [7, 11) is 0. The van der Waals surface area contributed by atoms with Crippen molar-refractivity contribution in [2.45, 2.75) is 38.0 Å². The summed E-state index contributed by atoms with van der Waals surface area (Å²) in [6, 6.07) is 21.1. The summed E-state index contributed by atoms with van der Waals surface area (Å²) in [6.45, 7) is 3.40. The number of anilines is 2. The molecule has 1 saturated heterocycles. The van der Waals surface area contributed by atoms with Crippen molar-refractivity contribution in [3.05, 3.63) is 83.7 Å². The second-order valence-corrected chi connectivity index (χ2v) is 10.0. The van der Waals surface area contributed by atoms with Gasteiger partial charge in [0.15, 0.2) is 5.76 Å². The minimum absolute atomic E-state index is 0.0488. The summed E-state index contributed by atoms with van der Waals surface area (Å²) in [6.07, 6.45) is 3.45. The molecule has 3 heterocycles. The van der Waals surface area contributed by atoms with E-state index in [1.54, 1.807) is 6.07 Å². The number of carbonyl (C=O) groups is 2. The zero-order valence-corrected chi connectivity index (χ0v) is 21.1. The van der Waals surface area contributed by atoms with Crippen LogP contribution in [0.5, 0.6) is 0 Å². The van der Waals surface area contributed by atoms with Gasteiger partial charge in [-0.2, -0.15) is 0 Å². The van der Waals surface area contributed by atoms with Gasteiger partial charge in [-0.25, -0.2) is 4.98 Å². The van der Waals surface area contributed by atoms with Crippen molar-refractivity contribution in [3.63, 3.8) is 0 Å². The number of aliphatic carboxylic acids is 1. The van der Waals surface area contributed by atoms with Crippen molar-refractivity contribution in [1.82, 2.24) is 15.0 Å². The van der Waals surface area contributed by atoms with Crippen LogP contribution in [-0.4, -0.2) is 45.1 Å². The number of likely N-dealkylation sites (tertiary alicyclic amines) is 1. The number of aryl methyl sites for hydroxylation is 1.